The topological polar surface area (TPSA) is 9.23 Å². The van der Waals surface area contributed by atoms with Gasteiger partial charge in [-0.05, 0) is 28.5 Å². The summed E-state index contributed by atoms with van der Waals surface area (Å²) < 4.78 is 5.43. The lowest BCUT2D eigenvalue weighted by atomic mass is 10.0. The van der Waals surface area contributed by atoms with Crippen molar-refractivity contribution >= 4 is 16.3 Å². The summed E-state index contributed by atoms with van der Waals surface area (Å²) in [7, 11) is 1.68. The number of rotatable bonds is 4. The van der Waals surface area contributed by atoms with Crippen LogP contribution >= 0.6 is 0 Å². The lowest BCUT2D eigenvalue weighted by Gasteiger charge is -2.10. The van der Waals surface area contributed by atoms with Gasteiger partial charge >= 0.3 is 0 Å². The monoisotopic (exact) mass is 236 g/mol. The van der Waals surface area contributed by atoms with Crippen molar-refractivity contribution in [2.75, 3.05) is 7.11 Å². The van der Waals surface area contributed by atoms with E-state index in [1.54, 1.807) is 13.2 Å². The Morgan fingerprint density at radius 1 is 1.17 bits per heavy atom. The van der Waals surface area contributed by atoms with Crippen molar-refractivity contribution in [3.05, 3.63) is 73.3 Å². The first-order chi connectivity index (χ1) is 8.76. The molecule has 90 valence electrons. The molecule has 0 aliphatic carbocycles. The van der Waals surface area contributed by atoms with Crippen LogP contribution in [-0.4, -0.2) is 7.11 Å². The number of hydrogen-bond donors (Lipinski definition) is 0. The molecule has 0 aliphatic heterocycles. The Bertz CT molecular complexity index is 621. The average Bonchev–Trinajstić information content (AvgIpc) is 2.43. The molecule has 18 heavy (non-hydrogen) atoms. The highest BCUT2D eigenvalue weighted by atomic mass is 16.5. The van der Waals surface area contributed by atoms with E-state index >= 15 is 0 Å². The van der Waals surface area contributed by atoms with Gasteiger partial charge in [0.15, 0.2) is 0 Å². The second-order valence-electron chi connectivity index (χ2n) is 4.02. The second kappa shape index (κ2) is 5.37. The zero-order valence-electron chi connectivity index (χ0n) is 10.5. The zero-order chi connectivity index (χ0) is 13.0. The number of benzene rings is 2. The SMILES string of the molecule is C=CC=CC(=C)c1cc2ccccc2cc1OC. The van der Waals surface area contributed by atoms with Gasteiger partial charge in [-0.15, -0.1) is 0 Å². The lowest BCUT2D eigenvalue weighted by molar-refractivity contribution is 0.414. The number of fused-ring (bicyclic) bond motifs is 1. The molecule has 0 amide bonds. The van der Waals surface area contributed by atoms with E-state index in [-0.39, 0.29) is 0 Å². The molecular weight excluding hydrogens is 220 g/mol. The Labute approximate surface area is 108 Å². The molecule has 0 spiro atoms. The van der Waals surface area contributed by atoms with Gasteiger partial charge < -0.3 is 4.74 Å². The van der Waals surface area contributed by atoms with Gasteiger partial charge in [-0.25, -0.2) is 0 Å². The van der Waals surface area contributed by atoms with Crippen molar-refractivity contribution in [3.63, 3.8) is 0 Å². The van der Waals surface area contributed by atoms with Crippen molar-refractivity contribution in [3.8, 4) is 5.75 Å². The molecule has 0 N–H and O–H groups in total. The van der Waals surface area contributed by atoms with Gasteiger partial charge in [-0.1, -0.05) is 55.7 Å². The molecule has 2 aromatic rings. The van der Waals surface area contributed by atoms with Crippen molar-refractivity contribution in [2.24, 2.45) is 0 Å². The standard InChI is InChI=1S/C17H16O/c1-4-5-8-13(2)16-11-14-9-6-7-10-15(14)12-17(16)18-3/h4-12H,1-2H2,3H3. The summed E-state index contributed by atoms with van der Waals surface area (Å²) in [5, 5.41) is 2.35. The Balaban J connectivity index is 2.57. The third-order valence-corrected chi connectivity index (χ3v) is 2.85. The van der Waals surface area contributed by atoms with Gasteiger partial charge in [-0.3, -0.25) is 0 Å². The van der Waals surface area contributed by atoms with E-state index in [1.165, 1.54) is 10.8 Å². The first kappa shape index (κ1) is 12.2. The third-order valence-electron chi connectivity index (χ3n) is 2.85. The van der Waals surface area contributed by atoms with Gasteiger partial charge in [0.2, 0.25) is 0 Å². The van der Waals surface area contributed by atoms with Crippen LogP contribution in [0.5, 0.6) is 5.75 Å². The van der Waals surface area contributed by atoms with Crippen molar-refractivity contribution in [2.45, 2.75) is 0 Å². The molecule has 0 aromatic heterocycles. The first-order valence-corrected chi connectivity index (χ1v) is 5.81. The van der Waals surface area contributed by atoms with Gasteiger partial charge in [0, 0.05) is 5.56 Å². The molecule has 0 heterocycles. The van der Waals surface area contributed by atoms with Crippen molar-refractivity contribution < 1.29 is 4.74 Å². The Kier molecular flexibility index (Phi) is 3.63. The maximum atomic E-state index is 5.43. The highest BCUT2D eigenvalue weighted by molar-refractivity contribution is 5.90. The Hall–Kier alpha value is -2.28. The van der Waals surface area contributed by atoms with Crippen LogP contribution in [0.1, 0.15) is 5.56 Å². The summed E-state index contributed by atoms with van der Waals surface area (Å²) in [6.07, 6.45) is 5.54. The molecule has 2 aromatic carbocycles. The minimum atomic E-state index is 0.840. The molecule has 0 atom stereocenters. The number of hydrogen-bond acceptors (Lipinski definition) is 1. The molecule has 0 saturated heterocycles. The molecule has 0 radical (unpaired) electrons. The summed E-state index contributed by atoms with van der Waals surface area (Å²) in [5.74, 6) is 0.840. The maximum Gasteiger partial charge on any atom is 0.127 e. The average molecular weight is 236 g/mol. The van der Waals surface area contributed by atoms with E-state index in [2.05, 4.69) is 31.4 Å². The van der Waals surface area contributed by atoms with Gasteiger partial charge in [-0.2, -0.15) is 0 Å². The predicted molar refractivity (Wildman–Crippen MR) is 78.9 cm³/mol. The van der Waals surface area contributed by atoms with Crippen molar-refractivity contribution in [1.29, 1.82) is 0 Å². The zero-order valence-corrected chi connectivity index (χ0v) is 10.5. The fourth-order valence-electron chi connectivity index (χ4n) is 1.91. The molecule has 0 aliphatic rings. The summed E-state index contributed by atoms with van der Waals surface area (Å²) in [6.45, 7) is 7.72. The summed E-state index contributed by atoms with van der Waals surface area (Å²) in [5.41, 5.74) is 1.92. The van der Waals surface area contributed by atoms with Gasteiger partial charge in [0.05, 0.1) is 7.11 Å². The van der Waals surface area contributed by atoms with Crippen LogP contribution in [0.4, 0.5) is 0 Å². The molecule has 0 saturated carbocycles. The largest absolute Gasteiger partial charge is 0.496 e. The Morgan fingerprint density at radius 3 is 2.44 bits per heavy atom. The van der Waals surface area contributed by atoms with Crippen LogP contribution in [0.25, 0.3) is 16.3 Å². The van der Waals surface area contributed by atoms with Crippen LogP contribution in [-0.2, 0) is 0 Å². The van der Waals surface area contributed by atoms with E-state index in [0.717, 1.165) is 16.9 Å². The fourth-order valence-corrected chi connectivity index (χ4v) is 1.91. The summed E-state index contributed by atoms with van der Waals surface area (Å²) in [6, 6.07) is 12.4. The molecule has 0 unspecified atom stereocenters. The van der Waals surface area contributed by atoms with Gasteiger partial charge in [0.25, 0.3) is 0 Å². The van der Waals surface area contributed by atoms with E-state index in [9.17, 15) is 0 Å². The smallest absolute Gasteiger partial charge is 0.127 e. The summed E-state index contributed by atoms with van der Waals surface area (Å²) >= 11 is 0. The molecule has 0 bridgehead atoms. The number of allylic oxidation sites excluding steroid dienone is 4. The molecule has 1 heteroatoms. The van der Waals surface area contributed by atoms with E-state index in [0.29, 0.717) is 0 Å². The highest BCUT2D eigenvalue weighted by Gasteiger charge is 2.06. The summed E-state index contributed by atoms with van der Waals surface area (Å²) in [4.78, 5) is 0. The normalized spacial score (nSPS) is 10.7. The van der Waals surface area contributed by atoms with Crippen molar-refractivity contribution in [1.82, 2.24) is 0 Å². The molecule has 0 fully saturated rings. The number of methoxy groups -OCH3 is 1. The first-order valence-electron chi connectivity index (χ1n) is 5.81. The molecular formula is C17H16O. The second-order valence-corrected chi connectivity index (χ2v) is 4.02. The third kappa shape index (κ3) is 2.35. The Morgan fingerprint density at radius 2 is 1.83 bits per heavy atom. The van der Waals surface area contributed by atoms with Crippen LogP contribution in [0.2, 0.25) is 0 Å². The van der Waals surface area contributed by atoms with E-state index in [4.69, 9.17) is 4.74 Å². The van der Waals surface area contributed by atoms with Gasteiger partial charge in [0.1, 0.15) is 5.75 Å². The maximum absolute atomic E-state index is 5.43. The van der Waals surface area contributed by atoms with Crippen LogP contribution < -0.4 is 4.74 Å². The van der Waals surface area contributed by atoms with Crippen LogP contribution in [0.3, 0.4) is 0 Å². The lowest BCUT2D eigenvalue weighted by Crippen LogP contribution is -1.90. The number of ether oxygens (including phenoxy) is 1. The van der Waals surface area contributed by atoms with Crippen LogP contribution in [0.15, 0.2) is 67.8 Å². The van der Waals surface area contributed by atoms with E-state index in [1.807, 2.05) is 30.4 Å². The molecule has 1 nitrogen and oxygen atoms in total. The fraction of sp³-hybridized carbons (Fsp3) is 0.0588. The minimum absolute atomic E-state index is 0.840. The quantitative estimate of drug-likeness (QED) is 0.705. The minimum Gasteiger partial charge on any atom is -0.496 e. The van der Waals surface area contributed by atoms with E-state index < -0.39 is 0 Å². The predicted octanol–water partition coefficient (Wildman–Crippen LogP) is 4.60. The van der Waals surface area contributed by atoms with Crippen LogP contribution in [0, 0.1) is 0 Å². The molecule has 2 rings (SSSR count). The highest BCUT2D eigenvalue weighted by Crippen LogP contribution is 2.30.